The third kappa shape index (κ3) is 9.75. The van der Waals surface area contributed by atoms with Crippen LogP contribution in [0.3, 0.4) is 0 Å². The summed E-state index contributed by atoms with van der Waals surface area (Å²) >= 11 is 0. The second-order valence-electron chi connectivity index (χ2n) is 6.96. The first-order chi connectivity index (χ1) is 11.9. The second-order valence-corrected chi connectivity index (χ2v) is 6.96. The summed E-state index contributed by atoms with van der Waals surface area (Å²) in [7, 11) is 0. The number of rotatable bonds is 13. The van der Waals surface area contributed by atoms with Crippen LogP contribution < -0.4 is 15.6 Å². The monoisotopic (exact) mass is 348 g/mol. The molecule has 1 amide bonds. The molecule has 0 unspecified atom stereocenters. The van der Waals surface area contributed by atoms with Gasteiger partial charge in [-0.1, -0.05) is 51.7 Å². The van der Waals surface area contributed by atoms with E-state index in [1.54, 1.807) is 24.3 Å². The minimum Gasteiger partial charge on any atom is -0.550 e. The average Bonchev–Trinajstić information content (AvgIpc) is 2.53. The van der Waals surface area contributed by atoms with Gasteiger partial charge in [-0.15, -0.1) is 0 Å². The van der Waals surface area contributed by atoms with Gasteiger partial charge in [-0.25, -0.2) is 0 Å². The minimum atomic E-state index is -1.19. The number of aliphatic carboxylic acids is 1. The highest BCUT2D eigenvalue weighted by molar-refractivity contribution is 5.76. The van der Waals surface area contributed by atoms with Crippen LogP contribution >= 0.6 is 0 Å². The zero-order valence-electron chi connectivity index (χ0n) is 15.3. The van der Waals surface area contributed by atoms with Crippen molar-refractivity contribution in [3.05, 3.63) is 29.8 Å². The number of carboxylic acids is 1. The lowest BCUT2D eigenvalue weighted by Gasteiger charge is -2.17. The zero-order chi connectivity index (χ0) is 18.7. The van der Waals surface area contributed by atoms with Crippen LogP contribution in [0.2, 0.25) is 0 Å². The summed E-state index contributed by atoms with van der Waals surface area (Å²) in [5.74, 6) is -0.659. The lowest BCUT2D eigenvalue weighted by Crippen LogP contribution is -2.26. The Balaban J connectivity index is 2.38. The molecule has 0 spiro atoms. The minimum absolute atomic E-state index is 0.00936. The lowest BCUT2D eigenvalue weighted by molar-refractivity contribution is -0.306. The smallest absolute Gasteiger partial charge is 0.218 e. The lowest BCUT2D eigenvalue weighted by atomic mass is 9.92. The summed E-state index contributed by atoms with van der Waals surface area (Å²) in [6, 6.07) is 7.18. The molecule has 1 aromatic carbocycles. The van der Waals surface area contributed by atoms with Crippen molar-refractivity contribution in [1.29, 1.82) is 0 Å². The van der Waals surface area contributed by atoms with E-state index in [1.165, 1.54) is 19.3 Å². The molecule has 0 fully saturated rings. The molecule has 5 nitrogen and oxygen atoms in total. The van der Waals surface area contributed by atoms with Crippen LogP contribution in [-0.2, 0) is 9.59 Å². The maximum Gasteiger partial charge on any atom is 0.218 e. The number of ether oxygens (including phenoxy) is 1. The first-order valence-corrected chi connectivity index (χ1v) is 9.09. The van der Waals surface area contributed by atoms with Crippen molar-refractivity contribution < 1.29 is 19.4 Å². The van der Waals surface area contributed by atoms with E-state index < -0.39 is 17.8 Å². The fraction of sp³-hybridized carbons (Fsp3) is 0.600. The van der Waals surface area contributed by atoms with E-state index in [1.807, 2.05) is 0 Å². The van der Waals surface area contributed by atoms with E-state index in [0.29, 0.717) is 6.61 Å². The molecule has 0 radical (unpaired) electrons. The molecule has 1 rings (SSSR count). The van der Waals surface area contributed by atoms with E-state index in [9.17, 15) is 14.7 Å². The molecule has 25 heavy (non-hydrogen) atoms. The van der Waals surface area contributed by atoms with Gasteiger partial charge < -0.3 is 20.4 Å². The number of carbonyl (C=O) groups is 2. The number of nitrogens with two attached hydrogens (primary N) is 1. The van der Waals surface area contributed by atoms with Crippen molar-refractivity contribution >= 4 is 11.9 Å². The fourth-order valence-electron chi connectivity index (χ4n) is 2.79. The topological polar surface area (TPSA) is 92.5 Å². The van der Waals surface area contributed by atoms with E-state index >= 15 is 0 Å². The van der Waals surface area contributed by atoms with E-state index in [-0.39, 0.29) is 12.8 Å². The molecule has 0 saturated carbocycles. The molecular formula is C20H30NO4-. The summed E-state index contributed by atoms with van der Waals surface area (Å²) in [5, 5.41) is 10.8. The number of benzene rings is 1. The molecule has 5 heteroatoms. The van der Waals surface area contributed by atoms with Crippen LogP contribution in [0.15, 0.2) is 24.3 Å². The van der Waals surface area contributed by atoms with E-state index in [2.05, 4.69) is 13.8 Å². The highest BCUT2D eigenvalue weighted by Crippen LogP contribution is 2.25. The van der Waals surface area contributed by atoms with Crippen molar-refractivity contribution in [3.8, 4) is 5.75 Å². The van der Waals surface area contributed by atoms with Gasteiger partial charge in [0.1, 0.15) is 5.75 Å². The zero-order valence-corrected chi connectivity index (χ0v) is 15.3. The molecule has 2 N–H and O–H groups in total. The van der Waals surface area contributed by atoms with Crippen LogP contribution in [-0.4, -0.2) is 18.5 Å². The Kier molecular flexibility index (Phi) is 9.66. The number of primary amides is 1. The number of hydrogen-bond acceptors (Lipinski definition) is 4. The number of carboxylic acid groups (broad SMARTS) is 1. The van der Waals surface area contributed by atoms with Gasteiger partial charge in [0.2, 0.25) is 5.91 Å². The highest BCUT2D eigenvalue weighted by Gasteiger charge is 2.15. The summed E-state index contributed by atoms with van der Waals surface area (Å²) < 4.78 is 5.71. The maximum absolute atomic E-state index is 11.1. The summed E-state index contributed by atoms with van der Waals surface area (Å²) in [4.78, 5) is 21.9. The number of amides is 1. The van der Waals surface area contributed by atoms with Gasteiger partial charge in [0.15, 0.2) is 0 Å². The Morgan fingerprint density at radius 1 is 1.04 bits per heavy atom. The normalized spacial score (nSPS) is 12.1. The third-order valence-electron chi connectivity index (χ3n) is 4.16. The van der Waals surface area contributed by atoms with Crippen molar-refractivity contribution in [2.45, 2.75) is 64.7 Å². The molecule has 0 aliphatic carbocycles. The van der Waals surface area contributed by atoms with Gasteiger partial charge in [-0.3, -0.25) is 4.79 Å². The van der Waals surface area contributed by atoms with Crippen molar-refractivity contribution in [1.82, 2.24) is 0 Å². The Hall–Kier alpha value is -2.04. The number of carbonyl (C=O) groups excluding carboxylic acids is 2. The molecule has 1 aromatic rings. The van der Waals surface area contributed by atoms with Crippen LogP contribution in [0.25, 0.3) is 0 Å². The van der Waals surface area contributed by atoms with Crippen LogP contribution in [0.1, 0.15) is 70.3 Å². The molecule has 0 heterocycles. The van der Waals surface area contributed by atoms with E-state index in [4.69, 9.17) is 10.5 Å². The van der Waals surface area contributed by atoms with Crippen LogP contribution in [0.4, 0.5) is 0 Å². The quantitative estimate of drug-likeness (QED) is 0.555. The molecule has 0 aliphatic heterocycles. The molecule has 0 bridgehead atoms. The molecule has 0 aromatic heterocycles. The van der Waals surface area contributed by atoms with Gasteiger partial charge in [0.25, 0.3) is 0 Å². The van der Waals surface area contributed by atoms with Crippen LogP contribution in [0, 0.1) is 5.92 Å². The molecular weight excluding hydrogens is 318 g/mol. The maximum atomic E-state index is 11.1. The van der Waals surface area contributed by atoms with Gasteiger partial charge >= 0.3 is 0 Å². The Morgan fingerprint density at radius 3 is 2.24 bits per heavy atom. The molecule has 0 saturated heterocycles. The first kappa shape index (κ1) is 21.0. The molecule has 1 atom stereocenters. The van der Waals surface area contributed by atoms with Gasteiger partial charge in [-0.05, 0) is 42.4 Å². The number of unbranched alkanes of at least 4 members (excludes halogenated alkanes) is 3. The molecule has 0 aliphatic rings. The average molecular weight is 348 g/mol. The van der Waals surface area contributed by atoms with Crippen molar-refractivity contribution in [2.24, 2.45) is 11.7 Å². The standard InChI is InChI=1S/C20H31NO4/c1-15(2)7-5-3-4-6-12-25-18-10-8-16(9-11-18)17(13-19(21)22)14-20(23)24/h8-11,15,17H,3-7,12-14H2,1-2H3,(H2,21,22)(H,23,24)/p-1/t17-/m0/s1. The van der Waals surface area contributed by atoms with Gasteiger partial charge in [-0.2, -0.15) is 0 Å². The SMILES string of the molecule is CC(C)CCCCCCOc1ccc([C@@H](CC(N)=O)CC(=O)[O-])cc1. The van der Waals surface area contributed by atoms with Gasteiger partial charge in [0, 0.05) is 12.4 Å². The second kappa shape index (κ2) is 11.5. The predicted molar refractivity (Wildman–Crippen MR) is 96.0 cm³/mol. The summed E-state index contributed by atoms with van der Waals surface area (Å²) in [6.45, 7) is 5.16. The number of hydrogen-bond donors (Lipinski definition) is 1. The third-order valence-corrected chi connectivity index (χ3v) is 4.16. The molecule has 140 valence electrons. The summed E-state index contributed by atoms with van der Waals surface area (Å²) in [6.07, 6.45) is 5.74. The highest BCUT2D eigenvalue weighted by atomic mass is 16.5. The van der Waals surface area contributed by atoms with Gasteiger partial charge in [0.05, 0.1) is 6.61 Å². The van der Waals surface area contributed by atoms with Crippen molar-refractivity contribution in [3.63, 3.8) is 0 Å². The fourth-order valence-corrected chi connectivity index (χ4v) is 2.79. The predicted octanol–water partition coefficient (Wildman–Crippen LogP) is 2.77. The van der Waals surface area contributed by atoms with E-state index in [0.717, 1.165) is 30.1 Å². The Bertz CT molecular complexity index is 509. The Labute approximate surface area is 150 Å². The van der Waals surface area contributed by atoms with Crippen LogP contribution in [0.5, 0.6) is 5.75 Å². The van der Waals surface area contributed by atoms with Crippen molar-refractivity contribution in [2.75, 3.05) is 6.61 Å². The largest absolute Gasteiger partial charge is 0.550 e. The summed E-state index contributed by atoms with van der Waals surface area (Å²) in [5.41, 5.74) is 5.95. The first-order valence-electron chi connectivity index (χ1n) is 9.09. The Morgan fingerprint density at radius 2 is 1.68 bits per heavy atom.